The first-order valence-corrected chi connectivity index (χ1v) is 7.63. The van der Waals surface area contributed by atoms with Gasteiger partial charge in [0.1, 0.15) is 0 Å². The molecule has 0 fully saturated rings. The molecule has 106 valence electrons. The van der Waals surface area contributed by atoms with Crippen molar-refractivity contribution < 1.29 is 13.2 Å². The van der Waals surface area contributed by atoms with E-state index in [0.29, 0.717) is 11.4 Å². The molecule has 0 aliphatic rings. The van der Waals surface area contributed by atoms with Crippen molar-refractivity contribution in [2.75, 3.05) is 22.8 Å². The number of rotatable bonds is 5. The maximum absolute atomic E-state index is 12.0. The standard InChI is InChI=1S/C12H19N3O3S/c1-12(2,8-13)11(16)14-9-6-4-5-7-10(9)15-19(3,17)18/h4-7,15H,8,13H2,1-3H3,(H,14,16). The van der Waals surface area contributed by atoms with Crippen LogP contribution in [0.15, 0.2) is 24.3 Å². The third-order valence-electron chi connectivity index (χ3n) is 2.60. The van der Waals surface area contributed by atoms with Crippen molar-refractivity contribution in [3.63, 3.8) is 0 Å². The molecule has 0 bridgehead atoms. The number of para-hydroxylation sites is 2. The van der Waals surface area contributed by atoms with Crippen molar-refractivity contribution in [3.8, 4) is 0 Å². The van der Waals surface area contributed by atoms with E-state index in [-0.39, 0.29) is 12.5 Å². The molecule has 6 nitrogen and oxygen atoms in total. The lowest BCUT2D eigenvalue weighted by atomic mass is 9.92. The fraction of sp³-hybridized carbons (Fsp3) is 0.417. The first kappa shape index (κ1) is 15.5. The zero-order chi connectivity index (χ0) is 14.7. The Labute approximate surface area is 113 Å². The van der Waals surface area contributed by atoms with Crippen LogP contribution in [0.1, 0.15) is 13.8 Å². The van der Waals surface area contributed by atoms with E-state index in [1.807, 2.05) is 0 Å². The molecule has 1 aromatic rings. The number of benzene rings is 1. The lowest BCUT2D eigenvalue weighted by Gasteiger charge is -2.22. The summed E-state index contributed by atoms with van der Waals surface area (Å²) in [6.07, 6.45) is 1.05. The summed E-state index contributed by atoms with van der Waals surface area (Å²) in [7, 11) is -3.40. The maximum atomic E-state index is 12.0. The average Bonchev–Trinajstić information content (AvgIpc) is 2.29. The molecule has 0 aliphatic heterocycles. The number of anilines is 2. The van der Waals surface area contributed by atoms with Crippen molar-refractivity contribution in [1.82, 2.24) is 0 Å². The average molecular weight is 285 g/mol. The summed E-state index contributed by atoms with van der Waals surface area (Å²) >= 11 is 0. The molecule has 0 aromatic heterocycles. The Bertz CT molecular complexity index is 567. The highest BCUT2D eigenvalue weighted by atomic mass is 32.2. The Hall–Kier alpha value is -1.60. The lowest BCUT2D eigenvalue weighted by Crippen LogP contribution is -2.37. The van der Waals surface area contributed by atoms with Crippen LogP contribution in [-0.2, 0) is 14.8 Å². The summed E-state index contributed by atoms with van der Waals surface area (Å²) in [6, 6.07) is 6.58. The van der Waals surface area contributed by atoms with Gasteiger partial charge in [0, 0.05) is 6.54 Å². The summed E-state index contributed by atoms with van der Waals surface area (Å²) in [4.78, 5) is 12.0. The van der Waals surface area contributed by atoms with Crippen molar-refractivity contribution in [2.45, 2.75) is 13.8 Å². The molecule has 1 amide bonds. The predicted molar refractivity (Wildman–Crippen MR) is 76.4 cm³/mol. The smallest absolute Gasteiger partial charge is 0.231 e. The quantitative estimate of drug-likeness (QED) is 0.750. The SMILES string of the molecule is CC(C)(CN)C(=O)Nc1ccccc1NS(C)(=O)=O. The van der Waals surface area contributed by atoms with Gasteiger partial charge in [0.05, 0.1) is 23.0 Å². The highest BCUT2D eigenvalue weighted by Crippen LogP contribution is 2.24. The van der Waals surface area contributed by atoms with Gasteiger partial charge in [0.15, 0.2) is 0 Å². The van der Waals surface area contributed by atoms with Crippen LogP contribution in [0.2, 0.25) is 0 Å². The fourth-order valence-corrected chi connectivity index (χ4v) is 1.84. The number of hydrogen-bond acceptors (Lipinski definition) is 4. The van der Waals surface area contributed by atoms with Gasteiger partial charge in [-0.15, -0.1) is 0 Å². The van der Waals surface area contributed by atoms with Crippen LogP contribution in [0.25, 0.3) is 0 Å². The fourth-order valence-electron chi connectivity index (χ4n) is 1.27. The third kappa shape index (κ3) is 4.53. The molecule has 19 heavy (non-hydrogen) atoms. The monoisotopic (exact) mass is 285 g/mol. The minimum absolute atomic E-state index is 0.195. The van der Waals surface area contributed by atoms with Crippen LogP contribution in [0.4, 0.5) is 11.4 Å². The normalized spacial score (nSPS) is 12.0. The minimum Gasteiger partial charge on any atom is -0.329 e. The van der Waals surface area contributed by atoms with Crippen LogP contribution >= 0.6 is 0 Å². The summed E-state index contributed by atoms with van der Waals surface area (Å²) in [5, 5.41) is 2.68. The molecular formula is C12H19N3O3S. The van der Waals surface area contributed by atoms with E-state index in [0.717, 1.165) is 6.26 Å². The highest BCUT2D eigenvalue weighted by molar-refractivity contribution is 7.92. The number of hydrogen-bond donors (Lipinski definition) is 3. The van der Waals surface area contributed by atoms with E-state index < -0.39 is 15.4 Å². The second kappa shape index (κ2) is 5.58. The molecule has 0 aliphatic carbocycles. The Morgan fingerprint density at radius 1 is 1.26 bits per heavy atom. The first-order chi connectivity index (χ1) is 8.65. The molecule has 7 heteroatoms. The third-order valence-corrected chi connectivity index (χ3v) is 3.19. The molecule has 1 rings (SSSR count). The van der Waals surface area contributed by atoms with Crippen molar-refractivity contribution in [2.24, 2.45) is 11.1 Å². The van der Waals surface area contributed by atoms with E-state index in [4.69, 9.17) is 5.73 Å². The Balaban J connectivity index is 2.99. The van der Waals surface area contributed by atoms with E-state index in [9.17, 15) is 13.2 Å². The minimum atomic E-state index is -3.40. The van der Waals surface area contributed by atoms with Crippen LogP contribution in [0, 0.1) is 5.41 Å². The number of amides is 1. The molecular weight excluding hydrogens is 266 g/mol. The number of nitrogens with one attached hydrogen (secondary N) is 2. The largest absolute Gasteiger partial charge is 0.329 e. The Morgan fingerprint density at radius 2 is 1.79 bits per heavy atom. The molecule has 0 saturated heterocycles. The van der Waals surface area contributed by atoms with Gasteiger partial charge < -0.3 is 11.1 Å². The number of sulfonamides is 1. The van der Waals surface area contributed by atoms with Crippen LogP contribution in [0.5, 0.6) is 0 Å². The van der Waals surface area contributed by atoms with Gasteiger partial charge in [0.25, 0.3) is 0 Å². The molecule has 0 atom stereocenters. The Morgan fingerprint density at radius 3 is 2.26 bits per heavy atom. The van der Waals surface area contributed by atoms with Crippen LogP contribution in [-0.4, -0.2) is 27.1 Å². The Kier molecular flexibility index (Phi) is 4.54. The lowest BCUT2D eigenvalue weighted by molar-refractivity contribution is -0.123. The van der Waals surface area contributed by atoms with Gasteiger partial charge in [-0.05, 0) is 26.0 Å². The van der Waals surface area contributed by atoms with Gasteiger partial charge in [-0.2, -0.15) is 0 Å². The second-order valence-corrected chi connectivity index (χ2v) is 6.71. The number of carbonyl (C=O) groups excluding carboxylic acids is 1. The zero-order valence-corrected chi connectivity index (χ0v) is 12.0. The molecule has 0 unspecified atom stereocenters. The molecule has 1 aromatic carbocycles. The van der Waals surface area contributed by atoms with Crippen molar-refractivity contribution in [3.05, 3.63) is 24.3 Å². The zero-order valence-electron chi connectivity index (χ0n) is 11.2. The number of carbonyl (C=O) groups is 1. The van der Waals surface area contributed by atoms with Crippen LogP contribution < -0.4 is 15.8 Å². The van der Waals surface area contributed by atoms with Gasteiger partial charge in [0.2, 0.25) is 15.9 Å². The second-order valence-electron chi connectivity index (χ2n) is 4.96. The molecule has 0 saturated carbocycles. The molecule has 0 radical (unpaired) electrons. The molecule has 0 heterocycles. The van der Waals surface area contributed by atoms with Gasteiger partial charge >= 0.3 is 0 Å². The van der Waals surface area contributed by atoms with E-state index >= 15 is 0 Å². The van der Waals surface area contributed by atoms with E-state index in [1.54, 1.807) is 38.1 Å². The van der Waals surface area contributed by atoms with E-state index in [1.165, 1.54) is 0 Å². The van der Waals surface area contributed by atoms with Gasteiger partial charge in [-0.3, -0.25) is 9.52 Å². The number of nitrogens with two attached hydrogens (primary N) is 1. The van der Waals surface area contributed by atoms with Crippen molar-refractivity contribution >= 4 is 27.3 Å². The van der Waals surface area contributed by atoms with Crippen molar-refractivity contribution in [1.29, 1.82) is 0 Å². The molecule has 0 spiro atoms. The van der Waals surface area contributed by atoms with Gasteiger partial charge in [-0.25, -0.2) is 8.42 Å². The summed E-state index contributed by atoms with van der Waals surface area (Å²) in [6.45, 7) is 3.63. The topological polar surface area (TPSA) is 101 Å². The highest BCUT2D eigenvalue weighted by Gasteiger charge is 2.26. The van der Waals surface area contributed by atoms with Crippen LogP contribution in [0.3, 0.4) is 0 Å². The first-order valence-electron chi connectivity index (χ1n) is 5.74. The molecule has 4 N–H and O–H groups in total. The maximum Gasteiger partial charge on any atom is 0.231 e. The summed E-state index contributed by atoms with van der Waals surface area (Å²) in [5.41, 5.74) is 5.53. The van der Waals surface area contributed by atoms with E-state index in [2.05, 4.69) is 10.0 Å². The summed E-state index contributed by atoms with van der Waals surface area (Å²) < 4.78 is 24.8. The van der Waals surface area contributed by atoms with Gasteiger partial charge in [-0.1, -0.05) is 12.1 Å². The predicted octanol–water partition coefficient (Wildman–Crippen LogP) is 0.982. The summed E-state index contributed by atoms with van der Waals surface area (Å²) in [5.74, 6) is -0.266.